The van der Waals surface area contributed by atoms with E-state index in [0.29, 0.717) is 30.3 Å². The first-order valence-electron chi connectivity index (χ1n) is 10.0. The topological polar surface area (TPSA) is 84.2 Å². The normalized spacial score (nSPS) is 29.4. The van der Waals surface area contributed by atoms with Gasteiger partial charge in [0.05, 0.1) is 6.42 Å². The Bertz CT molecular complexity index is 661. The van der Waals surface area contributed by atoms with Crippen LogP contribution in [-0.2, 0) is 16.0 Å². The first kappa shape index (κ1) is 20.2. The van der Waals surface area contributed by atoms with E-state index >= 15 is 0 Å². The fourth-order valence-corrected chi connectivity index (χ4v) is 4.74. The maximum Gasteiger partial charge on any atom is 0.227 e. The Hall–Kier alpha value is -1.59. The second-order valence-corrected chi connectivity index (χ2v) is 8.41. The number of nitrogens with one attached hydrogen (secondary N) is 2. The van der Waals surface area contributed by atoms with Gasteiger partial charge in [0.25, 0.3) is 0 Å². The quantitative estimate of drug-likeness (QED) is 0.721. The van der Waals surface area contributed by atoms with Gasteiger partial charge in [-0.2, -0.15) is 0 Å². The van der Waals surface area contributed by atoms with Crippen LogP contribution in [0.2, 0.25) is 0 Å². The van der Waals surface area contributed by atoms with Gasteiger partial charge >= 0.3 is 0 Å². The average molecular weight is 392 g/mol. The summed E-state index contributed by atoms with van der Waals surface area (Å²) < 4.78 is 0. The lowest BCUT2D eigenvalue weighted by atomic mass is 9.67. The molecule has 3 aliphatic rings. The molecular formula is C21H30ClN3O2. The molecule has 3 aliphatic carbocycles. The van der Waals surface area contributed by atoms with Crippen molar-refractivity contribution in [2.75, 3.05) is 5.32 Å². The van der Waals surface area contributed by atoms with E-state index in [-0.39, 0.29) is 30.1 Å². The number of carbonyl (C=O) groups excluding carboxylic acids is 2. The Balaban J connectivity index is 0.00000210. The molecule has 0 saturated heterocycles. The molecule has 2 bridgehead atoms. The summed E-state index contributed by atoms with van der Waals surface area (Å²) in [7, 11) is 0. The number of nitrogens with two attached hydrogens (primary N) is 1. The van der Waals surface area contributed by atoms with Gasteiger partial charge in [-0.3, -0.25) is 9.59 Å². The van der Waals surface area contributed by atoms with Crippen molar-refractivity contribution in [3.8, 4) is 0 Å². The number of benzene rings is 1. The van der Waals surface area contributed by atoms with Crippen molar-refractivity contribution in [1.29, 1.82) is 0 Å². The third-order valence-corrected chi connectivity index (χ3v) is 6.24. The molecular weight excluding hydrogens is 362 g/mol. The van der Waals surface area contributed by atoms with E-state index in [9.17, 15) is 9.59 Å². The molecule has 0 heterocycles. The maximum atomic E-state index is 12.5. The molecule has 1 aromatic rings. The molecule has 27 heavy (non-hydrogen) atoms. The number of fused-ring (bicyclic) bond motifs is 2. The predicted octanol–water partition coefficient (Wildman–Crippen LogP) is 3.02. The van der Waals surface area contributed by atoms with Crippen LogP contribution < -0.4 is 16.4 Å². The highest BCUT2D eigenvalue weighted by atomic mass is 35.5. The van der Waals surface area contributed by atoms with Crippen LogP contribution in [0, 0.1) is 17.8 Å². The van der Waals surface area contributed by atoms with Crippen molar-refractivity contribution in [2.24, 2.45) is 23.5 Å². The first-order valence-corrected chi connectivity index (χ1v) is 10.0. The molecule has 2 amide bonds. The lowest BCUT2D eigenvalue weighted by molar-refractivity contribution is -0.122. The van der Waals surface area contributed by atoms with E-state index in [1.54, 1.807) is 0 Å². The Morgan fingerprint density at radius 2 is 1.63 bits per heavy atom. The Morgan fingerprint density at radius 3 is 2.22 bits per heavy atom. The summed E-state index contributed by atoms with van der Waals surface area (Å²) in [5, 5.41) is 6.23. The lowest BCUT2D eigenvalue weighted by Gasteiger charge is -2.45. The van der Waals surface area contributed by atoms with Crippen molar-refractivity contribution < 1.29 is 9.59 Å². The van der Waals surface area contributed by atoms with E-state index in [1.165, 1.54) is 19.3 Å². The molecule has 2 atom stereocenters. The van der Waals surface area contributed by atoms with E-state index < -0.39 is 0 Å². The van der Waals surface area contributed by atoms with Crippen molar-refractivity contribution in [2.45, 2.75) is 63.5 Å². The van der Waals surface area contributed by atoms with E-state index in [2.05, 4.69) is 10.6 Å². The molecule has 0 aromatic heterocycles. The van der Waals surface area contributed by atoms with Gasteiger partial charge in [-0.15, -0.1) is 12.4 Å². The highest BCUT2D eigenvalue weighted by Crippen LogP contribution is 2.39. The van der Waals surface area contributed by atoms with Crippen molar-refractivity contribution >= 4 is 29.9 Å². The molecule has 1 aromatic carbocycles. The van der Waals surface area contributed by atoms with Gasteiger partial charge in [0, 0.05) is 23.7 Å². The lowest BCUT2D eigenvalue weighted by Crippen LogP contribution is -2.54. The van der Waals surface area contributed by atoms with Crippen LogP contribution >= 0.6 is 12.4 Å². The van der Waals surface area contributed by atoms with Crippen LogP contribution in [0.1, 0.15) is 50.5 Å². The van der Waals surface area contributed by atoms with E-state index in [1.807, 2.05) is 24.3 Å². The van der Waals surface area contributed by atoms with Gasteiger partial charge in [0.15, 0.2) is 0 Å². The SMILES string of the molecule is Cl.NC1CC2CCCC(C1)C2NC(=O)Cc1ccc(NC(=O)C2CC2)cc1. The van der Waals surface area contributed by atoms with Crippen LogP contribution in [0.4, 0.5) is 5.69 Å². The molecule has 3 saturated carbocycles. The molecule has 5 nitrogen and oxygen atoms in total. The van der Waals surface area contributed by atoms with Gasteiger partial charge in [0.1, 0.15) is 0 Å². The number of hydrogen-bond donors (Lipinski definition) is 3. The number of halogens is 1. The fourth-order valence-electron chi connectivity index (χ4n) is 4.74. The minimum atomic E-state index is 0. The number of rotatable bonds is 5. The highest BCUT2D eigenvalue weighted by Gasteiger charge is 2.39. The van der Waals surface area contributed by atoms with Crippen LogP contribution in [-0.4, -0.2) is 23.9 Å². The third-order valence-electron chi connectivity index (χ3n) is 6.24. The van der Waals surface area contributed by atoms with Crippen LogP contribution in [0.3, 0.4) is 0 Å². The zero-order chi connectivity index (χ0) is 18.1. The molecule has 148 valence electrons. The van der Waals surface area contributed by atoms with Crippen LogP contribution in [0.25, 0.3) is 0 Å². The smallest absolute Gasteiger partial charge is 0.227 e. The highest BCUT2D eigenvalue weighted by molar-refractivity contribution is 5.94. The second-order valence-electron chi connectivity index (χ2n) is 8.41. The average Bonchev–Trinajstić information content (AvgIpc) is 3.42. The largest absolute Gasteiger partial charge is 0.353 e. The van der Waals surface area contributed by atoms with Crippen LogP contribution in [0.15, 0.2) is 24.3 Å². The minimum absolute atomic E-state index is 0. The molecule has 4 N–H and O–H groups in total. The third kappa shape index (κ3) is 5.02. The molecule has 6 heteroatoms. The first-order chi connectivity index (χ1) is 12.6. The number of amides is 2. The van der Waals surface area contributed by atoms with Gasteiger partial charge in [-0.25, -0.2) is 0 Å². The molecule has 0 aliphatic heterocycles. The summed E-state index contributed by atoms with van der Waals surface area (Å²) in [6.07, 6.45) is 8.10. The Labute approximate surface area is 167 Å². The van der Waals surface area contributed by atoms with Gasteiger partial charge in [-0.05, 0) is 68.1 Å². The molecule has 3 fully saturated rings. The Morgan fingerprint density at radius 1 is 1.00 bits per heavy atom. The fraction of sp³-hybridized carbons (Fsp3) is 0.619. The van der Waals surface area contributed by atoms with Crippen LogP contribution in [0.5, 0.6) is 0 Å². The number of carbonyl (C=O) groups is 2. The predicted molar refractivity (Wildman–Crippen MR) is 109 cm³/mol. The van der Waals surface area contributed by atoms with Crippen molar-refractivity contribution in [3.05, 3.63) is 29.8 Å². The second kappa shape index (κ2) is 8.61. The Kier molecular flexibility index (Phi) is 6.43. The zero-order valence-electron chi connectivity index (χ0n) is 15.7. The standard InChI is InChI=1S/C21H29N3O2.ClH/c22-17-11-15-2-1-3-16(12-17)20(15)24-19(25)10-13-4-8-18(9-5-13)23-21(26)14-6-7-14;/h4-5,8-9,14-17,20H,1-3,6-7,10-12,22H2,(H,23,26)(H,24,25);1H. The summed E-state index contributed by atoms with van der Waals surface area (Å²) in [5.41, 5.74) is 7.95. The number of anilines is 1. The maximum absolute atomic E-state index is 12.5. The zero-order valence-corrected chi connectivity index (χ0v) is 16.5. The summed E-state index contributed by atoms with van der Waals surface area (Å²) in [5.74, 6) is 1.49. The van der Waals surface area contributed by atoms with Gasteiger partial charge in [0.2, 0.25) is 11.8 Å². The van der Waals surface area contributed by atoms with E-state index in [0.717, 1.165) is 36.9 Å². The summed E-state index contributed by atoms with van der Waals surface area (Å²) >= 11 is 0. The summed E-state index contributed by atoms with van der Waals surface area (Å²) in [4.78, 5) is 24.3. The molecule has 0 radical (unpaired) electrons. The minimum Gasteiger partial charge on any atom is -0.353 e. The van der Waals surface area contributed by atoms with E-state index in [4.69, 9.17) is 5.73 Å². The monoisotopic (exact) mass is 391 g/mol. The van der Waals surface area contributed by atoms with Crippen molar-refractivity contribution in [3.63, 3.8) is 0 Å². The molecule has 2 unspecified atom stereocenters. The summed E-state index contributed by atoms with van der Waals surface area (Å²) in [6.45, 7) is 0. The summed E-state index contributed by atoms with van der Waals surface area (Å²) in [6, 6.07) is 8.23. The van der Waals surface area contributed by atoms with Gasteiger partial charge < -0.3 is 16.4 Å². The molecule has 4 rings (SSSR count). The number of hydrogen-bond acceptors (Lipinski definition) is 3. The molecule has 0 spiro atoms. The van der Waals surface area contributed by atoms with Gasteiger partial charge in [-0.1, -0.05) is 18.6 Å². The van der Waals surface area contributed by atoms with Crippen molar-refractivity contribution in [1.82, 2.24) is 5.32 Å².